The van der Waals surface area contributed by atoms with Crippen molar-refractivity contribution in [3.05, 3.63) is 0 Å². The van der Waals surface area contributed by atoms with Gasteiger partial charge in [-0.3, -0.25) is 0 Å². The third kappa shape index (κ3) is 1.98. The fourth-order valence-electron chi connectivity index (χ4n) is 0.181. The van der Waals surface area contributed by atoms with E-state index in [9.17, 15) is 0 Å². The molecule has 0 aromatic rings. The standard InChI is InChI=1S/C3H2N3.ClH/c1-4-2-6-3-5-1;/h1-2H;1H/q+1;/p-1. The minimum absolute atomic E-state index is 0. The van der Waals surface area contributed by atoms with E-state index in [0.29, 0.717) is 0 Å². The fourth-order valence-corrected chi connectivity index (χ4v) is 0.181. The van der Waals surface area contributed by atoms with Gasteiger partial charge in [-0.1, -0.05) is 4.99 Å². The Labute approximate surface area is 47.3 Å². The zero-order valence-corrected chi connectivity index (χ0v) is 4.13. The van der Waals surface area contributed by atoms with E-state index in [1.54, 1.807) is 0 Å². The first kappa shape index (κ1) is 6.21. The average Bonchev–Trinajstić information content (AvgIpc) is 1.72. The molecule has 0 amide bonds. The molecule has 1 aliphatic heterocycles. The van der Waals surface area contributed by atoms with Crippen molar-refractivity contribution in [1.29, 1.82) is 0 Å². The Hall–Kier alpha value is -0.790. The molecule has 4 heteroatoms. The highest BCUT2D eigenvalue weighted by Gasteiger charge is 1.82. The van der Waals surface area contributed by atoms with Crippen molar-refractivity contribution < 1.29 is 12.4 Å². The van der Waals surface area contributed by atoms with E-state index >= 15 is 0 Å². The normalized spacial score (nSPS) is 12.6. The topological polar surface area (TPSA) is 37.1 Å². The summed E-state index contributed by atoms with van der Waals surface area (Å²) in [5.74, 6) is 0. The van der Waals surface area contributed by atoms with E-state index in [1.807, 2.05) is 0 Å². The summed E-state index contributed by atoms with van der Waals surface area (Å²) in [4.78, 5) is 10.4. The fraction of sp³-hybridized carbons (Fsp3) is 0. The number of hydrogen-bond donors (Lipinski definition) is 0. The highest BCUT2D eigenvalue weighted by molar-refractivity contribution is 5.86. The maximum absolute atomic E-state index is 3.53. The Morgan fingerprint density at radius 3 is 2.29 bits per heavy atom. The minimum atomic E-state index is 0. The highest BCUT2D eigenvalue weighted by Crippen LogP contribution is 1.68. The zero-order chi connectivity index (χ0) is 4.24. The molecule has 0 unspecified atom stereocenters. The van der Waals surface area contributed by atoms with Gasteiger partial charge in [-0.05, 0) is 9.98 Å². The smallest absolute Gasteiger partial charge is 0.281 e. The second-order valence-electron chi connectivity index (χ2n) is 0.738. The van der Waals surface area contributed by atoms with Crippen molar-refractivity contribution in [3.8, 4) is 0 Å². The van der Waals surface area contributed by atoms with Gasteiger partial charge in [0.2, 0.25) is 12.7 Å². The number of hydrogen-bond acceptors (Lipinski definition) is 3. The van der Waals surface area contributed by atoms with Crippen LogP contribution in [-0.4, -0.2) is 19.0 Å². The van der Waals surface area contributed by atoms with Crippen LogP contribution in [0.25, 0.3) is 0 Å². The van der Waals surface area contributed by atoms with Crippen LogP contribution in [0.1, 0.15) is 0 Å². The van der Waals surface area contributed by atoms with Gasteiger partial charge in [0, 0.05) is 0 Å². The Morgan fingerprint density at radius 1 is 1.29 bits per heavy atom. The molecule has 0 aromatic heterocycles. The Morgan fingerprint density at radius 2 is 2.14 bits per heavy atom. The third-order valence-electron chi connectivity index (χ3n) is 0.364. The molecular weight excluding hydrogens is 114 g/mol. The number of halogens is 1. The summed E-state index contributed by atoms with van der Waals surface area (Å²) in [7, 11) is 0. The van der Waals surface area contributed by atoms with Gasteiger partial charge in [-0.25, -0.2) is 0 Å². The van der Waals surface area contributed by atoms with Crippen molar-refractivity contribution in [1.82, 2.24) is 0 Å². The molecule has 0 bridgehead atoms. The number of nitrogens with zero attached hydrogens (tertiary/aromatic N) is 3. The second kappa shape index (κ2) is 3.40. The summed E-state index contributed by atoms with van der Waals surface area (Å²) >= 11 is 0. The van der Waals surface area contributed by atoms with Crippen LogP contribution in [0.4, 0.5) is 0 Å². The maximum Gasteiger partial charge on any atom is 0.281 e. The molecule has 0 fully saturated rings. The molecule has 0 aromatic carbocycles. The molecule has 7 heavy (non-hydrogen) atoms. The lowest BCUT2D eigenvalue weighted by Gasteiger charge is -1.61. The van der Waals surface area contributed by atoms with Crippen LogP contribution < -0.4 is 12.4 Å². The lowest BCUT2D eigenvalue weighted by Crippen LogP contribution is -3.00. The van der Waals surface area contributed by atoms with E-state index in [2.05, 4.69) is 21.3 Å². The SMILES string of the molecule is [C+]1=NC=NC=N1.[Cl-]. The summed E-state index contributed by atoms with van der Waals surface area (Å²) in [5.41, 5.74) is 0. The zero-order valence-electron chi connectivity index (χ0n) is 3.37. The first-order valence-corrected chi connectivity index (χ1v) is 1.48. The largest absolute Gasteiger partial charge is 1.00 e. The van der Waals surface area contributed by atoms with Gasteiger partial charge < -0.3 is 12.4 Å². The number of aliphatic imine (C=N–C) groups is 3. The van der Waals surface area contributed by atoms with Crippen LogP contribution in [-0.2, 0) is 0 Å². The van der Waals surface area contributed by atoms with Gasteiger partial charge in [0.25, 0.3) is 6.34 Å². The predicted molar refractivity (Wildman–Crippen MR) is 24.4 cm³/mol. The highest BCUT2D eigenvalue weighted by atomic mass is 35.5. The molecular formula is C3H2ClN3. The van der Waals surface area contributed by atoms with Gasteiger partial charge in [-0.15, -0.1) is 0 Å². The van der Waals surface area contributed by atoms with Gasteiger partial charge in [0.15, 0.2) is 0 Å². The molecule has 36 valence electrons. The number of rotatable bonds is 0. The molecule has 0 atom stereocenters. The molecule has 0 radical (unpaired) electrons. The predicted octanol–water partition coefficient (Wildman–Crippen LogP) is -3.03. The molecule has 0 saturated carbocycles. The van der Waals surface area contributed by atoms with E-state index < -0.39 is 0 Å². The van der Waals surface area contributed by atoms with E-state index in [-0.39, 0.29) is 12.4 Å². The minimum Gasteiger partial charge on any atom is -1.00 e. The lowest BCUT2D eigenvalue weighted by molar-refractivity contribution is -0.00000130. The molecule has 1 rings (SSSR count). The van der Waals surface area contributed by atoms with Gasteiger partial charge in [0.1, 0.15) is 0 Å². The van der Waals surface area contributed by atoms with Gasteiger partial charge in [0.05, 0.1) is 0 Å². The molecule has 3 nitrogen and oxygen atoms in total. The van der Waals surface area contributed by atoms with E-state index in [1.165, 1.54) is 12.7 Å². The van der Waals surface area contributed by atoms with Crippen molar-refractivity contribution >= 4 is 19.0 Å². The summed E-state index contributed by atoms with van der Waals surface area (Å²) in [6.45, 7) is 0. The van der Waals surface area contributed by atoms with Crippen LogP contribution in [0.5, 0.6) is 0 Å². The Balaban J connectivity index is 0.000000360. The summed E-state index contributed by atoms with van der Waals surface area (Å²) in [6.07, 6.45) is 5.09. The van der Waals surface area contributed by atoms with Crippen LogP contribution in [0.15, 0.2) is 15.0 Å². The lowest BCUT2D eigenvalue weighted by atomic mass is 11.0. The van der Waals surface area contributed by atoms with E-state index in [4.69, 9.17) is 0 Å². The second-order valence-corrected chi connectivity index (χ2v) is 0.738. The quantitative estimate of drug-likeness (QED) is 0.301. The van der Waals surface area contributed by atoms with Crippen molar-refractivity contribution in [3.63, 3.8) is 0 Å². The summed E-state index contributed by atoms with van der Waals surface area (Å²) < 4.78 is 0. The molecule has 0 spiro atoms. The van der Waals surface area contributed by atoms with Gasteiger partial charge >= 0.3 is 0 Å². The van der Waals surface area contributed by atoms with E-state index in [0.717, 1.165) is 0 Å². The van der Waals surface area contributed by atoms with Crippen molar-refractivity contribution in [2.24, 2.45) is 15.0 Å². The molecule has 0 aliphatic carbocycles. The Bertz CT molecular complexity index is 79.6. The Kier molecular flexibility index (Phi) is 3.02. The van der Waals surface area contributed by atoms with Crippen molar-refractivity contribution in [2.45, 2.75) is 0 Å². The maximum atomic E-state index is 3.53. The van der Waals surface area contributed by atoms with Crippen LogP contribution in [0.2, 0.25) is 0 Å². The van der Waals surface area contributed by atoms with Crippen LogP contribution in [0.3, 0.4) is 0 Å². The monoisotopic (exact) mass is 115 g/mol. The molecule has 1 aliphatic rings. The molecule has 0 N–H and O–H groups in total. The average molecular weight is 116 g/mol. The molecule has 1 heterocycles. The molecule has 0 saturated heterocycles. The third-order valence-corrected chi connectivity index (χ3v) is 0.364. The van der Waals surface area contributed by atoms with Gasteiger partial charge in [-0.2, -0.15) is 0 Å². The van der Waals surface area contributed by atoms with Crippen LogP contribution in [0, 0.1) is 0 Å². The first-order valence-electron chi connectivity index (χ1n) is 1.48. The van der Waals surface area contributed by atoms with Crippen molar-refractivity contribution in [2.75, 3.05) is 0 Å². The van der Waals surface area contributed by atoms with Crippen LogP contribution >= 0.6 is 0 Å². The summed E-state index contributed by atoms with van der Waals surface area (Å²) in [6, 6.07) is 0. The summed E-state index contributed by atoms with van der Waals surface area (Å²) in [5, 5.41) is 0. The first-order chi connectivity index (χ1) is 3.00.